The highest BCUT2D eigenvalue weighted by molar-refractivity contribution is 9.10. The van der Waals surface area contributed by atoms with Gasteiger partial charge in [-0.3, -0.25) is 19.8 Å². The van der Waals surface area contributed by atoms with Gasteiger partial charge in [-0.05, 0) is 36.0 Å². The van der Waals surface area contributed by atoms with Crippen molar-refractivity contribution in [3.05, 3.63) is 40.4 Å². The number of nitrogens with one attached hydrogen (secondary N) is 1. The average Bonchev–Trinajstić information content (AvgIpc) is 2.50. The number of aromatic hydroxyl groups is 1. The number of nitrogens with zero attached hydrogens (tertiary/aromatic N) is 1. The van der Waals surface area contributed by atoms with Gasteiger partial charge in [-0.25, -0.2) is 0 Å². The van der Waals surface area contributed by atoms with E-state index in [1.54, 1.807) is 6.07 Å². The number of methoxy groups -OCH3 is 1. The third kappa shape index (κ3) is 3.43. The molecule has 1 fully saturated rings. The number of rotatable bonds is 4. The van der Waals surface area contributed by atoms with E-state index in [0.29, 0.717) is 10.0 Å². The lowest BCUT2D eigenvalue weighted by Crippen LogP contribution is -2.53. The molecule has 0 bridgehead atoms. The van der Waals surface area contributed by atoms with Crippen molar-refractivity contribution < 1.29 is 19.4 Å². The maximum atomic E-state index is 12.4. The van der Waals surface area contributed by atoms with Gasteiger partial charge in [0.25, 0.3) is 11.8 Å². The highest BCUT2D eigenvalue weighted by Crippen LogP contribution is 2.33. The first-order valence-corrected chi connectivity index (χ1v) is 7.65. The molecular formula is C15H13BrN2O4S. The molecule has 0 atom stereocenters. The summed E-state index contributed by atoms with van der Waals surface area (Å²) in [7, 11) is 1.42. The van der Waals surface area contributed by atoms with Crippen LogP contribution in [0.4, 0.5) is 0 Å². The predicted octanol–water partition coefficient (Wildman–Crippen LogP) is 1.98. The maximum absolute atomic E-state index is 12.4. The van der Waals surface area contributed by atoms with E-state index in [2.05, 4.69) is 27.8 Å². The summed E-state index contributed by atoms with van der Waals surface area (Å²) in [5.74, 6) is -0.957. The molecule has 1 aliphatic heterocycles. The van der Waals surface area contributed by atoms with Crippen LogP contribution < -0.4 is 10.1 Å². The summed E-state index contributed by atoms with van der Waals surface area (Å²) >= 11 is 8.29. The Hall–Kier alpha value is -2.19. The normalized spacial score (nSPS) is 16.5. The summed E-state index contributed by atoms with van der Waals surface area (Å²) < 4.78 is 5.55. The topological polar surface area (TPSA) is 78.9 Å². The van der Waals surface area contributed by atoms with Gasteiger partial charge in [0.2, 0.25) is 0 Å². The summed E-state index contributed by atoms with van der Waals surface area (Å²) in [5.41, 5.74) is 0.360. The summed E-state index contributed by atoms with van der Waals surface area (Å²) in [6.45, 7) is 3.74. The zero-order valence-corrected chi connectivity index (χ0v) is 14.5. The molecule has 0 saturated carbocycles. The minimum absolute atomic E-state index is 0.0358. The van der Waals surface area contributed by atoms with Gasteiger partial charge in [-0.1, -0.05) is 22.0 Å². The third-order valence-corrected chi connectivity index (χ3v) is 4.10. The molecule has 1 heterocycles. The largest absolute Gasteiger partial charge is 0.504 e. The van der Waals surface area contributed by atoms with E-state index in [1.807, 2.05) is 0 Å². The van der Waals surface area contributed by atoms with Crippen LogP contribution in [0.25, 0.3) is 6.08 Å². The Bertz CT molecular complexity index is 745. The Balaban J connectivity index is 2.47. The first kappa shape index (κ1) is 17.2. The number of ether oxygens (including phenoxy) is 1. The molecule has 2 rings (SSSR count). The summed E-state index contributed by atoms with van der Waals surface area (Å²) in [5, 5.41) is 12.3. The molecule has 0 aromatic heterocycles. The number of halogens is 1. The first-order valence-electron chi connectivity index (χ1n) is 6.45. The molecular weight excluding hydrogens is 384 g/mol. The van der Waals surface area contributed by atoms with Crippen molar-refractivity contribution in [1.82, 2.24) is 10.2 Å². The number of hydrogen-bond acceptors (Lipinski definition) is 5. The van der Waals surface area contributed by atoms with Crippen molar-refractivity contribution in [3.8, 4) is 11.5 Å². The standard InChI is InChI=1S/C15H13BrN2O4S/c1-3-4-18-14(21)9(13(20)17-15(18)23)5-8-6-11(19)12(22-2)7-10(8)16/h3,5-7,19H,1,4H2,2H3,(H,17,20,23)/b9-5+. The summed E-state index contributed by atoms with van der Waals surface area (Å²) in [6.07, 6.45) is 2.88. The number of carbonyl (C=O) groups is 2. The lowest BCUT2D eigenvalue weighted by Gasteiger charge is -2.27. The van der Waals surface area contributed by atoms with Crippen LogP contribution in [0.15, 0.2) is 34.8 Å². The Morgan fingerprint density at radius 3 is 2.78 bits per heavy atom. The van der Waals surface area contributed by atoms with Gasteiger partial charge in [-0.15, -0.1) is 6.58 Å². The molecule has 0 radical (unpaired) electrons. The molecule has 0 unspecified atom stereocenters. The SMILES string of the molecule is C=CCN1C(=O)/C(=C/c2cc(O)c(OC)cc2Br)C(=O)NC1=S. The van der Waals surface area contributed by atoms with Crippen LogP contribution in [0.5, 0.6) is 11.5 Å². The smallest absolute Gasteiger partial charge is 0.265 e. The zero-order valence-electron chi connectivity index (χ0n) is 12.1. The number of amides is 2. The van der Waals surface area contributed by atoms with Gasteiger partial charge in [0.05, 0.1) is 7.11 Å². The van der Waals surface area contributed by atoms with E-state index in [-0.39, 0.29) is 28.7 Å². The highest BCUT2D eigenvalue weighted by atomic mass is 79.9. The van der Waals surface area contributed by atoms with Crippen molar-refractivity contribution in [2.24, 2.45) is 0 Å². The van der Waals surface area contributed by atoms with Gasteiger partial charge < -0.3 is 9.84 Å². The second-order valence-corrected chi connectivity index (χ2v) is 5.81. The molecule has 2 amide bonds. The third-order valence-electron chi connectivity index (χ3n) is 3.10. The van der Waals surface area contributed by atoms with Gasteiger partial charge in [0, 0.05) is 11.0 Å². The minimum atomic E-state index is -0.595. The van der Waals surface area contributed by atoms with E-state index in [4.69, 9.17) is 17.0 Å². The van der Waals surface area contributed by atoms with Crippen molar-refractivity contribution in [2.75, 3.05) is 13.7 Å². The average molecular weight is 397 g/mol. The van der Waals surface area contributed by atoms with Crippen LogP contribution in [0.3, 0.4) is 0 Å². The van der Waals surface area contributed by atoms with Gasteiger partial charge >= 0.3 is 0 Å². The van der Waals surface area contributed by atoms with Crippen LogP contribution in [0.2, 0.25) is 0 Å². The van der Waals surface area contributed by atoms with E-state index in [1.165, 1.54) is 30.2 Å². The van der Waals surface area contributed by atoms with Crippen molar-refractivity contribution in [3.63, 3.8) is 0 Å². The van der Waals surface area contributed by atoms with E-state index in [9.17, 15) is 14.7 Å². The molecule has 0 spiro atoms. The summed E-state index contributed by atoms with van der Waals surface area (Å²) in [6, 6.07) is 2.93. The zero-order chi connectivity index (χ0) is 17.1. The second-order valence-electron chi connectivity index (χ2n) is 4.57. The number of phenolic OH excluding ortho intramolecular Hbond substituents is 1. The Morgan fingerprint density at radius 1 is 1.48 bits per heavy atom. The van der Waals surface area contributed by atoms with Crippen LogP contribution in [0, 0.1) is 0 Å². The number of benzene rings is 1. The first-order chi connectivity index (χ1) is 10.9. The van der Waals surface area contributed by atoms with Crippen LogP contribution in [-0.2, 0) is 9.59 Å². The molecule has 6 nitrogen and oxygen atoms in total. The number of hydrogen-bond donors (Lipinski definition) is 2. The highest BCUT2D eigenvalue weighted by Gasteiger charge is 2.32. The molecule has 120 valence electrons. The fourth-order valence-electron chi connectivity index (χ4n) is 1.98. The van der Waals surface area contributed by atoms with Crippen LogP contribution >= 0.6 is 28.1 Å². The van der Waals surface area contributed by atoms with E-state index >= 15 is 0 Å². The van der Waals surface area contributed by atoms with Crippen LogP contribution in [0.1, 0.15) is 5.56 Å². The minimum Gasteiger partial charge on any atom is -0.504 e. The molecule has 0 aliphatic carbocycles. The Labute approximate surface area is 146 Å². The van der Waals surface area contributed by atoms with Gasteiger partial charge in [-0.2, -0.15) is 0 Å². The fraction of sp³-hybridized carbons (Fsp3) is 0.133. The molecule has 1 aromatic carbocycles. The van der Waals surface area contributed by atoms with E-state index < -0.39 is 11.8 Å². The van der Waals surface area contributed by atoms with Gasteiger partial charge in [0.1, 0.15) is 5.57 Å². The van der Waals surface area contributed by atoms with Crippen molar-refractivity contribution in [2.45, 2.75) is 0 Å². The van der Waals surface area contributed by atoms with Gasteiger partial charge in [0.15, 0.2) is 16.6 Å². The lowest BCUT2D eigenvalue weighted by atomic mass is 10.1. The summed E-state index contributed by atoms with van der Waals surface area (Å²) in [4.78, 5) is 25.7. The monoisotopic (exact) mass is 396 g/mol. The number of carbonyl (C=O) groups excluding carboxylic acids is 2. The molecule has 1 saturated heterocycles. The number of phenols is 1. The Morgan fingerprint density at radius 2 is 2.17 bits per heavy atom. The fourth-order valence-corrected chi connectivity index (χ4v) is 2.67. The Kier molecular flexibility index (Phi) is 5.17. The predicted molar refractivity (Wildman–Crippen MR) is 93.0 cm³/mol. The molecule has 23 heavy (non-hydrogen) atoms. The molecule has 8 heteroatoms. The van der Waals surface area contributed by atoms with E-state index in [0.717, 1.165) is 0 Å². The maximum Gasteiger partial charge on any atom is 0.265 e. The molecule has 1 aliphatic rings. The molecule has 2 N–H and O–H groups in total. The van der Waals surface area contributed by atoms with Crippen LogP contribution in [-0.4, -0.2) is 40.6 Å². The number of thiocarbonyl (C=S) groups is 1. The van der Waals surface area contributed by atoms with Crippen molar-refractivity contribution >= 4 is 51.2 Å². The van der Waals surface area contributed by atoms with Crippen molar-refractivity contribution in [1.29, 1.82) is 0 Å². The quantitative estimate of drug-likeness (QED) is 0.352. The second kappa shape index (κ2) is 6.93. The molecule has 1 aromatic rings. The lowest BCUT2D eigenvalue weighted by molar-refractivity contribution is -0.128.